The van der Waals surface area contributed by atoms with Crippen molar-refractivity contribution in [2.45, 2.75) is 302 Å². The minimum atomic E-state index is 0. The lowest BCUT2D eigenvalue weighted by Crippen LogP contribution is -2.13. The van der Waals surface area contributed by atoms with E-state index in [-0.39, 0.29) is 9.99 Å². The van der Waals surface area contributed by atoms with Crippen LogP contribution < -0.4 is 18.9 Å². The van der Waals surface area contributed by atoms with Crippen LogP contribution in [0.4, 0.5) is 0 Å². The van der Waals surface area contributed by atoms with Crippen LogP contribution in [0.1, 0.15) is 348 Å². The molecule has 7 fully saturated rings. The van der Waals surface area contributed by atoms with Crippen molar-refractivity contribution < 1.29 is 28.9 Å². The fraction of sp³-hybridized carbons (Fsp3) is 0.509. The Hall–Kier alpha value is -8.08. The molecule has 7 aromatic carbocycles. The first-order valence-corrected chi connectivity index (χ1v) is 47.1. The minimum Gasteiger partial charge on any atom is -0.497 e. The number of ether oxygens (including phenoxy) is 4. The molecule has 7 aliphatic carbocycles. The second-order valence-electron chi connectivity index (χ2n) is 35.2. The van der Waals surface area contributed by atoms with Crippen LogP contribution in [0, 0.1) is 48.3 Å². The second kappa shape index (κ2) is 55.0. The van der Waals surface area contributed by atoms with E-state index < -0.39 is 0 Å². The van der Waals surface area contributed by atoms with Gasteiger partial charge in [0, 0.05) is 9.99 Å². The average Bonchev–Trinajstić information content (AvgIpc) is 0.882. The van der Waals surface area contributed by atoms with Crippen LogP contribution in [0.15, 0.2) is 257 Å². The quantitative estimate of drug-likeness (QED) is 0.0565. The van der Waals surface area contributed by atoms with Crippen molar-refractivity contribution in [2.24, 2.45) is 41.4 Å². The van der Waals surface area contributed by atoms with Crippen molar-refractivity contribution in [1.82, 2.24) is 0 Å². The predicted octanol–water partition coefficient (Wildman–Crippen LogP) is 34.9. The van der Waals surface area contributed by atoms with Crippen LogP contribution in [0.5, 0.6) is 23.0 Å². The lowest BCUT2D eigenvalue weighted by atomic mass is 9.77. The van der Waals surface area contributed by atoms with Crippen molar-refractivity contribution in [3.8, 4) is 23.0 Å². The Morgan fingerprint density at radius 1 is 0.288 bits per heavy atom. The van der Waals surface area contributed by atoms with E-state index in [9.17, 15) is 0 Å². The highest BCUT2D eigenvalue weighted by molar-refractivity contribution is 5.35. The van der Waals surface area contributed by atoms with Gasteiger partial charge in [-0.15, -0.1) is 26.3 Å². The zero-order chi connectivity index (χ0) is 83.9. The topological polar surface area (TPSA) is 36.9 Å². The maximum absolute atomic E-state index is 5.49. The summed E-state index contributed by atoms with van der Waals surface area (Å²) < 4.78 is 21.3. The van der Waals surface area contributed by atoms with Gasteiger partial charge in [-0.3, -0.25) is 0 Å². The molecule has 0 atom stereocenters. The molecule has 0 aromatic heterocycles. The molecule has 4 heteroatoms. The lowest BCUT2D eigenvalue weighted by molar-refractivity contribution is 0.312. The van der Waals surface area contributed by atoms with Crippen LogP contribution in [-0.2, 0) is 12.8 Å². The van der Waals surface area contributed by atoms with Gasteiger partial charge < -0.3 is 18.9 Å². The van der Waals surface area contributed by atoms with Gasteiger partial charge in [0.05, 0.1) is 27.4 Å². The summed E-state index contributed by atoms with van der Waals surface area (Å²) in [5.74, 6) is 15.0. The fourth-order valence-electron chi connectivity index (χ4n) is 19.6. The number of rotatable bonds is 24. The molecular weight excluding hydrogens is 1430 g/mol. The normalized spacial score (nSPS) is 24.8. The molecule has 4 nitrogen and oxygen atoms in total. The third-order valence-electron chi connectivity index (χ3n) is 27.4. The predicted molar refractivity (Wildman–Crippen MR) is 526 cm³/mol. The van der Waals surface area contributed by atoms with Crippen LogP contribution in [0.2, 0.25) is 0 Å². The van der Waals surface area contributed by atoms with E-state index in [1.54, 1.807) is 30.9 Å². The fourth-order valence-corrected chi connectivity index (χ4v) is 19.6. The molecule has 0 saturated heterocycles. The van der Waals surface area contributed by atoms with Gasteiger partial charge in [0.2, 0.25) is 0 Å². The molecule has 0 heterocycles. The monoisotopic (exact) mass is 1610 g/mol. The molecular formula is C114H172O4. The first-order chi connectivity index (χ1) is 57.8. The zero-order valence-electron chi connectivity index (χ0n) is 75.5. The molecule has 7 saturated carbocycles. The van der Waals surface area contributed by atoms with Gasteiger partial charge in [0.1, 0.15) is 23.0 Å². The van der Waals surface area contributed by atoms with Gasteiger partial charge in [0.15, 0.2) is 0 Å². The summed E-state index contributed by atoms with van der Waals surface area (Å²) in [7, 11) is 3.43. The third kappa shape index (κ3) is 33.1. The number of hydrogen-bond acceptors (Lipinski definition) is 4. The minimum absolute atomic E-state index is 0. The molecule has 0 N–H and O–H groups in total. The highest BCUT2D eigenvalue weighted by Crippen LogP contribution is 2.44. The van der Waals surface area contributed by atoms with Gasteiger partial charge in [-0.2, -0.15) is 0 Å². The smallest absolute Gasteiger partial charge is 0.119 e. The van der Waals surface area contributed by atoms with Crippen LogP contribution in [-0.4, -0.2) is 27.4 Å². The standard InChI is InChI=1S/C17H24O.2C17H24.2C16H22O.C16H22.C15H20O.7H2/c1-3-5-14-6-8-15(9-7-14)16-10-12-17(13-11-16)18-4-2;1-3-4-5-15-8-12-17(13-9-15)16-10-6-14(2)7-11-16;1-3-5-15-8-12-17(13-9-15)16-10-6-14(4-2)7-11-16;1-3-4-13-5-7-14(8-6-13)15-9-11-16(17-2)12-10-15;1-3-13-5-7-14(8-6-13)15-9-11-16(12-10-15)17-4-2;1-3-13-5-9-15(10-6-13)16-11-7-14(4-2)8-12-16;1-3-12-4-6-13(7-5-12)14-8-10-15(16-2)11-9-14;;;;;;;/h3,5,10-15H,4,6-9H2,1-2H3;3,6-7,10-11,15,17H,1,4-5,8-9,12-13H2,2H3;3,5-7,10-11,15,17H,4,8-9,12-13H2,1-2H3;3-4,9-14H,5-8H2,1-2H3;3,9-14H,1,4-8H2,2H3;3,7-8,11-13,15H,1,4-6,9-10H2,2H3;3,8-13H,1,4-7H2,2H3;7*1H/b5-3+;;5-3+;4-3+;;;;;;;;;;. The van der Waals surface area contributed by atoms with Crippen molar-refractivity contribution in [2.75, 3.05) is 27.4 Å². The molecule has 0 radical (unpaired) electrons. The molecule has 0 aliphatic heterocycles. The van der Waals surface area contributed by atoms with Crippen LogP contribution in [0.25, 0.3) is 0 Å². The maximum atomic E-state index is 5.49. The van der Waals surface area contributed by atoms with E-state index >= 15 is 0 Å². The molecule has 7 aromatic rings. The summed E-state index contributed by atoms with van der Waals surface area (Å²) in [5, 5.41) is 0. The summed E-state index contributed by atoms with van der Waals surface area (Å²) in [4.78, 5) is 0. The van der Waals surface area contributed by atoms with E-state index in [1.165, 1.54) is 232 Å². The van der Waals surface area contributed by atoms with Crippen molar-refractivity contribution in [3.05, 3.63) is 313 Å². The number of methoxy groups -OCH3 is 2. The van der Waals surface area contributed by atoms with Gasteiger partial charge in [-0.25, -0.2) is 0 Å². The third-order valence-corrected chi connectivity index (χ3v) is 27.4. The molecule has 0 amide bonds. The van der Waals surface area contributed by atoms with Crippen molar-refractivity contribution in [1.29, 1.82) is 0 Å². The highest BCUT2D eigenvalue weighted by Gasteiger charge is 2.27. The van der Waals surface area contributed by atoms with Crippen molar-refractivity contribution >= 4 is 0 Å². The highest BCUT2D eigenvalue weighted by atomic mass is 16.5. The molecule has 652 valence electrons. The summed E-state index contributed by atoms with van der Waals surface area (Å²) in [5.41, 5.74) is 14.8. The number of benzene rings is 7. The SMILES string of the molecule is C/C=C/C1CCC(c2ccc(CC)cc2)CC1.C/C=C/C1CCC(c2ccc(OC)cc2)CC1.C/C=C/C1CCC(c2ccc(OCC)cc2)CC1.C=CC1CCC(c2ccc(CC)cc2)CC1.C=CC1CCC(c2ccc(OC)cc2)CC1.C=CC1CCC(c2ccc(OCC)cc2)CC1.C=CCCC1CCC(c2ccc(C)cc2)CC1.[HH].[HH].[HH].[HH].[HH].[HH].[HH]. The van der Waals surface area contributed by atoms with Crippen LogP contribution in [0.3, 0.4) is 0 Å². The summed E-state index contributed by atoms with van der Waals surface area (Å²) >= 11 is 0. The number of allylic oxidation sites excluding steroid dienone is 10. The Kier molecular flexibility index (Phi) is 44.4. The number of aryl methyl sites for hydroxylation is 3. The lowest BCUT2D eigenvalue weighted by Gasteiger charge is -2.28. The van der Waals surface area contributed by atoms with Gasteiger partial charge in [-0.05, 0) is 428 Å². The Bertz CT molecular complexity index is 3760. The zero-order valence-corrected chi connectivity index (χ0v) is 75.5. The Morgan fingerprint density at radius 3 is 0.720 bits per heavy atom. The first kappa shape index (κ1) is 95.4. The Morgan fingerprint density at radius 2 is 0.508 bits per heavy atom. The molecule has 0 unspecified atom stereocenters. The summed E-state index contributed by atoms with van der Waals surface area (Å²) in [6.45, 7) is 34.0. The van der Waals surface area contributed by atoms with E-state index in [2.05, 4.69) is 298 Å². The molecule has 0 bridgehead atoms. The second-order valence-corrected chi connectivity index (χ2v) is 35.2. The van der Waals surface area contributed by atoms with Gasteiger partial charge in [-0.1, -0.05) is 201 Å². The van der Waals surface area contributed by atoms with Gasteiger partial charge in [0.25, 0.3) is 0 Å². The summed E-state index contributed by atoms with van der Waals surface area (Å²) in [6.07, 6.45) is 64.3. The average molecular weight is 1610 g/mol. The first-order valence-electron chi connectivity index (χ1n) is 47.1. The van der Waals surface area contributed by atoms with E-state index in [0.717, 1.165) is 132 Å². The van der Waals surface area contributed by atoms with E-state index in [0.29, 0.717) is 0 Å². The Balaban J connectivity index is 0.000000723. The molecule has 0 spiro atoms. The summed E-state index contributed by atoms with van der Waals surface area (Å²) in [6, 6.07) is 62.2. The molecule has 14 rings (SSSR count). The van der Waals surface area contributed by atoms with Crippen molar-refractivity contribution in [3.63, 3.8) is 0 Å². The van der Waals surface area contributed by atoms with E-state index in [4.69, 9.17) is 18.9 Å². The number of hydrogen-bond donors (Lipinski definition) is 0. The van der Waals surface area contributed by atoms with Gasteiger partial charge >= 0.3 is 0 Å². The largest absolute Gasteiger partial charge is 0.497 e. The molecule has 118 heavy (non-hydrogen) atoms. The Labute approximate surface area is 731 Å². The van der Waals surface area contributed by atoms with E-state index in [1.807, 2.05) is 13.8 Å². The maximum Gasteiger partial charge on any atom is 0.119 e. The van der Waals surface area contributed by atoms with Crippen LogP contribution >= 0.6 is 0 Å². The molecule has 7 aliphatic rings.